The first-order chi connectivity index (χ1) is 16.4. The third-order valence-electron chi connectivity index (χ3n) is 5.42. The molecule has 0 radical (unpaired) electrons. The van der Waals surface area contributed by atoms with Crippen LogP contribution >= 0.6 is 23.2 Å². The predicted octanol–water partition coefficient (Wildman–Crippen LogP) is 4.00. The van der Waals surface area contributed by atoms with Crippen LogP contribution in [0.1, 0.15) is 22.9 Å². The zero-order valence-corrected chi connectivity index (χ0v) is 19.8. The molecule has 0 aliphatic carbocycles. The summed E-state index contributed by atoms with van der Waals surface area (Å²) in [6.07, 6.45) is 0.0438. The second kappa shape index (κ2) is 10.3. The molecule has 2 N–H and O–H groups in total. The fourth-order valence-corrected chi connectivity index (χ4v) is 4.16. The fourth-order valence-electron chi connectivity index (χ4n) is 3.63. The van der Waals surface area contributed by atoms with Crippen molar-refractivity contribution in [3.63, 3.8) is 0 Å². The molecule has 0 amide bonds. The molecule has 1 heterocycles. The number of rotatable bonds is 7. The van der Waals surface area contributed by atoms with Crippen molar-refractivity contribution in [2.45, 2.75) is 19.0 Å². The number of ether oxygens (including phenoxy) is 1. The Hall–Kier alpha value is -3.39. The molecule has 1 aromatic heterocycles. The summed E-state index contributed by atoms with van der Waals surface area (Å²) in [7, 11) is 1.51. The molecule has 1 unspecified atom stereocenters. The van der Waals surface area contributed by atoms with Crippen LogP contribution in [0.2, 0.25) is 10.0 Å². The maximum atomic E-state index is 13.5. The molecule has 0 fully saturated rings. The Labute approximate surface area is 205 Å². The van der Waals surface area contributed by atoms with Gasteiger partial charge in [0.15, 0.2) is 0 Å². The topological polar surface area (TPSA) is 92.1 Å². The second-order valence-corrected chi connectivity index (χ2v) is 8.46. The summed E-state index contributed by atoms with van der Waals surface area (Å²) in [4.78, 5) is 26.9. The number of hydrogen-bond donors (Lipinski definition) is 1. The molecule has 174 valence electrons. The molecule has 1 atom stereocenters. The third kappa shape index (κ3) is 4.92. The van der Waals surface area contributed by atoms with E-state index in [9.17, 15) is 9.59 Å². The van der Waals surface area contributed by atoms with Crippen LogP contribution in [0.15, 0.2) is 82.4 Å². The Morgan fingerprint density at radius 2 is 1.65 bits per heavy atom. The molecular formula is C25H22Cl2N4O3. The van der Waals surface area contributed by atoms with E-state index in [1.807, 2.05) is 30.3 Å². The van der Waals surface area contributed by atoms with Gasteiger partial charge in [-0.3, -0.25) is 4.79 Å². The van der Waals surface area contributed by atoms with E-state index in [1.54, 1.807) is 42.5 Å². The molecule has 0 saturated heterocycles. The number of nitrogens with zero attached hydrogens (tertiary/aromatic N) is 3. The average molecular weight is 497 g/mol. The first-order valence-electron chi connectivity index (χ1n) is 10.5. The molecule has 34 heavy (non-hydrogen) atoms. The summed E-state index contributed by atoms with van der Waals surface area (Å²) in [5.74, 6) is 0.504. The number of nitrogens with two attached hydrogens (primary N) is 1. The Kier molecular flexibility index (Phi) is 7.17. The van der Waals surface area contributed by atoms with E-state index < -0.39 is 17.3 Å². The van der Waals surface area contributed by atoms with E-state index in [2.05, 4.69) is 5.10 Å². The molecule has 4 rings (SSSR count). The van der Waals surface area contributed by atoms with Crippen molar-refractivity contribution in [2.75, 3.05) is 7.11 Å². The lowest BCUT2D eigenvalue weighted by molar-refractivity contribution is 0.414. The molecule has 0 aliphatic heterocycles. The van der Waals surface area contributed by atoms with Gasteiger partial charge in [-0.25, -0.2) is 14.0 Å². The molecule has 0 saturated carbocycles. The van der Waals surface area contributed by atoms with Gasteiger partial charge < -0.3 is 10.5 Å². The minimum atomic E-state index is -0.612. The lowest BCUT2D eigenvalue weighted by Crippen LogP contribution is -2.44. The van der Waals surface area contributed by atoms with Gasteiger partial charge in [0.1, 0.15) is 11.4 Å². The number of halogens is 2. The lowest BCUT2D eigenvalue weighted by Gasteiger charge is -2.17. The Morgan fingerprint density at radius 1 is 0.971 bits per heavy atom. The standard InChI is InChI=1S/C25H22Cl2N4O3/c1-34-18-10-5-9-17(13-18)31-24(32)23(14-19-20(26)11-6-12-21(19)27)29-30(25(31)33)15-22(28)16-7-3-2-4-8-16/h2-13,22H,14-15,28H2,1H3. The first kappa shape index (κ1) is 23.8. The van der Waals surface area contributed by atoms with Gasteiger partial charge in [0, 0.05) is 28.6 Å². The lowest BCUT2D eigenvalue weighted by atomic mass is 10.1. The highest BCUT2D eigenvalue weighted by Gasteiger charge is 2.19. The maximum Gasteiger partial charge on any atom is 0.352 e. The highest BCUT2D eigenvalue weighted by molar-refractivity contribution is 6.36. The van der Waals surface area contributed by atoms with Crippen LogP contribution in [-0.4, -0.2) is 21.5 Å². The van der Waals surface area contributed by atoms with E-state index in [1.165, 1.54) is 11.8 Å². The van der Waals surface area contributed by atoms with Crippen LogP contribution in [0, 0.1) is 0 Å². The van der Waals surface area contributed by atoms with Gasteiger partial charge in [-0.05, 0) is 35.4 Å². The molecule has 0 spiro atoms. The normalized spacial score (nSPS) is 11.9. The maximum absolute atomic E-state index is 13.5. The minimum Gasteiger partial charge on any atom is -0.497 e. The van der Waals surface area contributed by atoms with E-state index in [4.69, 9.17) is 33.7 Å². The van der Waals surface area contributed by atoms with Crippen molar-refractivity contribution in [3.8, 4) is 11.4 Å². The largest absolute Gasteiger partial charge is 0.497 e. The number of benzene rings is 3. The summed E-state index contributed by atoms with van der Waals surface area (Å²) in [6.45, 7) is 0.0658. The van der Waals surface area contributed by atoms with Gasteiger partial charge >= 0.3 is 5.69 Å². The molecule has 7 nitrogen and oxygen atoms in total. The van der Waals surface area contributed by atoms with E-state index in [0.29, 0.717) is 27.0 Å². The quantitative estimate of drug-likeness (QED) is 0.417. The van der Waals surface area contributed by atoms with Crippen LogP contribution < -0.4 is 21.7 Å². The number of methoxy groups -OCH3 is 1. The molecule has 0 bridgehead atoms. The zero-order valence-electron chi connectivity index (χ0n) is 18.3. The molecule has 3 aromatic carbocycles. The summed E-state index contributed by atoms with van der Waals surface area (Å²) >= 11 is 12.7. The molecule has 9 heteroatoms. The van der Waals surface area contributed by atoms with Crippen molar-refractivity contribution < 1.29 is 4.74 Å². The molecular weight excluding hydrogens is 475 g/mol. The van der Waals surface area contributed by atoms with Gasteiger partial charge in [-0.1, -0.05) is 65.7 Å². The molecule has 4 aromatic rings. The fraction of sp³-hybridized carbons (Fsp3) is 0.160. The van der Waals surface area contributed by atoms with E-state index >= 15 is 0 Å². The van der Waals surface area contributed by atoms with Crippen molar-refractivity contribution in [3.05, 3.63) is 121 Å². The summed E-state index contributed by atoms with van der Waals surface area (Å²) in [5.41, 5.74) is 7.03. The zero-order chi connectivity index (χ0) is 24.2. The van der Waals surface area contributed by atoms with Crippen LogP contribution in [0.5, 0.6) is 5.75 Å². The minimum absolute atomic E-state index is 0.0438. The Balaban J connectivity index is 1.88. The van der Waals surface area contributed by atoms with Gasteiger partial charge in [0.25, 0.3) is 5.56 Å². The Bertz CT molecular complexity index is 1410. The summed E-state index contributed by atoms with van der Waals surface area (Å²) < 4.78 is 7.54. The van der Waals surface area contributed by atoms with Crippen LogP contribution in [0.3, 0.4) is 0 Å². The predicted molar refractivity (Wildman–Crippen MR) is 133 cm³/mol. The van der Waals surface area contributed by atoms with Crippen LogP contribution in [0.25, 0.3) is 5.69 Å². The van der Waals surface area contributed by atoms with Crippen molar-refractivity contribution in [1.82, 2.24) is 14.3 Å². The van der Waals surface area contributed by atoms with Gasteiger partial charge in [0.05, 0.1) is 19.3 Å². The molecule has 0 aliphatic rings. The number of hydrogen-bond acceptors (Lipinski definition) is 5. The van der Waals surface area contributed by atoms with Gasteiger partial charge in [0.2, 0.25) is 0 Å². The summed E-state index contributed by atoms with van der Waals surface area (Å²) in [5, 5.41) is 5.19. The van der Waals surface area contributed by atoms with Crippen molar-refractivity contribution in [1.29, 1.82) is 0 Å². The third-order valence-corrected chi connectivity index (χ3v) is 6.13. The SMILES string of the molecule is COc1cccc(-n2c(=O)c(Cc3c(Cl)cccc3Cl)nn(CC(N)c3ccccc3)c2=O)c1. The van der Waals surface area contributed by atoms with E-state index in [-0.39, 0.29) is 18.7 Å². The average Bonchev–Trinajstić information content (AvgIpc) is 2.85. The summed E-state index contributed by atoms with van der Waals surface area (Å²) in [6, 6.07) is 20.6. The van der Waals surface area contributed by atoms with Gasteiger partial charge in [-0.2, -0.15) is 5.10 Å². The smallest absolute Gasteiger partial charge is 0.352 e. The highest BCUT2D eigenvalue weighted by Crippen LogP contribution is 2.26. The van der Waals surface area contributed by atoms with Crippen molar-refractivity contribution in [2.24, 2.45) is 5.73 Å². The monoisotopic (exact) mass is 496 g/mol. The van der Waals surface area contributed by atoms with Crippen molar-refractivity contribution >= 4 is 23.2 Å². The van der Waals surface area contributed by atoms with Crippen LogP contribution in [0.4, 0.5) is 0 Å². The Morgan fingerprint density at radius 3 is 2.32 bits per heavy atom. The van der Waals surface area contributed by atoms with Crippen LogP contribution in [-0.2, 0) is 13.0 Å². The first-order valence-corrected chi connectivity index (χ1v) is 11.3. The second-order valence-electron chi connectivity index (χ2n) is 7.65. The van der Waals surface area contributed by atoms with Gasteiger partial charge in [-0.15, -0.1) is 0 Å². The highest BCUT2D eigenvalue weighted by atomic mass is 35.5. The number of aromatic nitrogens is 3. The van der Waals surface area contributed by atoms with E-state index in [0.717, 1.165) is 10.1 Å².